The molecule has 0 fully saturated rings. The van der Waals surface area contributed by atoms with E-state index in [1.165, 1.54) is 9.87 Å². The van der Waals surface area contributed by atoms with E-state index in [0.29, 0.717) is 13.1 Å². The zero-order valence-electron chi connectivity index (χ0n) is 16.6. The first kappa shape index (κ1) is 20.0. The van der Waals surface area contributed by atoms with E-state index in [9.17, 15) is 8.42 Å². The molecule has 2 aliphatic heterocycles. The van der Waals surface area contributed by atoms with Crippen molar-refractivity contribution in [2.75, 3.05) is 29.4 Å². The molecule has 0 spiro atoms. The summed E-state index contributed by atoms with van der Waals surface area (Å²) < 4.78 is 26.1. The molecular formula is C21H24N4O2S2. The van der Waals surface area contributed by atoms with E-state index in [-0.39, 0.29) is 5.75 Å². The number of thioether (sulfide) groups is 1. The van der Waals surface area contributed by atoms with Gasteiger partial charge in [0, 0.05) is 19.3 Å². The second-order valence-electron chi connectivity index (χ2n) is 7.01. The number of hydrogen-bond acceptors (Lipinski definition) is 5. The molecule has 6 nitrogen and oxygen atoms in total. The molecule has 0 N–H and O–H groups in total. The van der Waals surface area contributed by atoms with Gasteiger partial charge in [0.15, 0.2) is 5.17 Å². The van der Waals surface area contributed by atoms with Crippen LogP contribution in [0.25, 0.3) is 0 Å². The van der Waals surface area contributed by atoms with Crippen LogP contribution in [0.1, 0.15) is 23.6 Å². The molecule has 2 aromatic carbocycles. The molecule has 0 amide bonds. The summed E-state index contributed by atoms with van der Waals surface area (Å²) in [5.74, 6) is 0.862. The second-order valence-corrected chi connectivity index (χ2v) is 10.1. The fraction of sp³-hybridized carbons (Fsp3) is 0.333. The predicted molar refractivity (Wildman–Crippen MR) is 121 cm³/mol. The van der Waals surface area contributed by atoms with E-state index in [1.54, 1.807) is 18.7 Å². The van der Waals surface area contributed by atoms with Crippen LogP contribution >= 0.6 is 11.8 Å². The molecule has 0 unspecified atom stereocenters. The van der Waals surface area contributed by atoms with Gasteiger partial charge in [0.25, 0.3) is 0 Å². The number of amidine groups is 1. The lowest BCUT2D eigenvalue weighted by atomic mass is 10.1. The molecule has 152 valence electrons. The zero-order valence-corrected chi connectivity index (χ0v) is 18.2. The summed E-state index contributed by atoms with van der Waals surface area (Å²) in [5.41, 5.74) is 5.07. The molecular weight excluding hydrogens is 404 g/mol. The standard InChI is InChI=1S/C21H24N4O2S2/c1-3-29(26,27)25-12-11-18-13-17(9-10-20(18)25)19-15-28-21(24(2)23-19)22-14-16-7-5-4-6-8-16/h4-10,13H,3,11-12,14-15H2,1-2H3. The minimum absolute atomic E-state index is 0.118. The highest BCUT2D eigenvalue weighted by atomic mass is 32.2. The van der Waals surface area contributed by atoms with E-state index < -0.39 is 10.0 Å². The summed E-state index contributed by atoms with van der Waals surface area (Å²) in [6, 6.07) is 16.1. The monoisotopic (exact) mass is 428 g/mol. The largest absolute Gasteiger partial charge is 0.270 e. The Morgan fingerprint density at radius 1 is 1.17 bits per heavy atom. The number of hydrogen-bond donors (Lipinski definition) is 0. The van der Waals surface area contributed by atoms with Gasteiger partial charge in [-0.1, -0.05) is 48.2 Å². The summed E-state index contributed by atoms with van der Waals surface area (Å²) in [6.07, 6.45) is 0.739. The van der Waals surface area contributed by atoms with Crippen LogP contribution in [0.2, 0.25) is 0 Å². The number of hydrazone groups is 1. The molecule has 0 bridgehead atoms. The SMILES string of the molecule is CCS(=O)(=O)N1CCc2cc(C3=NN(C)C(=NCc4ccccc4)SC3)ccc21. The highest BCUT2D eigenvalue weighted by Crippen LogP contribution is 2.32. The third-order valence-corrected chi connectivity index (χ3v) is 7.94. The summed E-state index contributed by atoms with van der Waals surface area (Å²) in [5, 5.41) is 7.45. The van der Waals surface area contributed by atoms with Crippen molar-refractivity contribution in [3.05, 3.63) is 65.2 Å². The van der Waals surface area contributed by atoms with Gasteiger partial charge in [-0.15, -0.1) is 0 Å². The number of anilines is 1. The first-order valence-electron chi connectivity index (χ1n) is 9.64. The molecule has 8 heteroatoms. The minimum Gasteiger partial charge on any atom is -0.270 e. The van der Waals surface area contributed by atoms with Crippen LogP contribution in [0, 0.1) is 0 Å². The van der Waals surface area contributed by atoms with E-state index in [1.807, 2.05) is 42.4 Å². The van der Waals surface area contributed by atoms with Crippen LogP contribution < -0.4 is 4.31 Å². The van der Waals surface area contributed by atoms with Gasteiger partial charge in [-0.2, -0.15) is 5.10 Å². The smallest absolute Gasteiger partial charge is 0.234 e. The van der Waals surface area contributed by atoms with Crippen molar-refractivity contribution < 1.29 is 8.42 Å². The van der Waals surface area contributed by atoms with Gasteiger partial charge in [0.2, 0.25) is 10.0 Å². The van der Waals surface area contributed by atoms with Crippen LogP contribution in [-0.2, 0) is 23.0 Å². The normalized spacial score (nSPS) is 18.1. The third kappa shape index (κ3) is 4.18. The first-order valence-corrected chi connectivity index (χ1v) is 12.2. The molecule has 2 heterocycles. The lowest BCUT2D eigenvalue weighted by Crippen LogP contribution is -2.30. The molecule has 0 aromatic heterocycles. The van der Waals surface area contributed by atoms with Gasteiger partial charge in [-0.25, -0.2) is 13.4 Å². The zero-order chi connectivity index (χ0) is 20.4. The van der Waals surface area contributed by atoms with Crippen LogP contribution in [0.5, 0.6) is 0 Å². The van der Waals surface area contributed by atoms with Gasteiger partial charge in [-0.05, 0) is 42.2 Å². The topological polar surface area (TPSA) is 65.3 Å². The molecule has 0 radical (unpaired) electrons. The van der Waals surface area contributed by atoms with Gasteiger partial charge in [0.05, 0.1) is 23.7 Å². The average Bonchev–Trinajstić information content (AvgIpc) is 3.18. The predicted octanol–water partition coefficient (Wildman–Crippen LogP) is 3.34. The molecule has 29 heavy (non-hydrogen) atoms. The number of fused-ring (bicyclic) bond motifs is 1. The van der Waals surface area contributed by atoms with Gasteiger partial charge < -0.3 is 0 Å². The number of aliphatic imine (C=N–C) groups is 1. The van der Waals surface area contributed by atoms with Crippen molar-refractivity contribution in [3.63, 3.8) is 0 Å². The Balaban J connectivity index is 1.52. The van der Waals surface area contributed by atoms with E-state index in [4.69, 9.17) is 10.1 Å². The molecule has 0 saturated heterocycles. The summed E-state index contributed by atoms with van der Waals surface area (Å²) in [6.45, 7) is 2.84. The maximum atomic E-state index is 12.3. The number of nitrogens with zero attached hydrogens (tertiary/aromatic N) is 4. The molecule has 2 aromatic rings. The fourth-order valence-corrected chi connectivity index (χ4v) is 5.54. The van der Waals surface area contributed by atoms with Crippen LogP contribution in [0.3, 0.4) is 0 Å². The Labute approximate surface area is 176 Å². The van der Waals surface area contributed by atoms with Crippen molar-refractivity contribution in [1.29, 1.82) is 0 Å². The van der Waals surface area contributed by atoms with Crippen molar-refractivity contribution in [2.45, 2.75) is 19.9 Å². The van der Waals surface area contributed by atoms with Crippen molar-refractivity contribution in [1.82, 2.24) is 5.01 Å². The Hall–Kier alpha value is -2.32. The van der Waals surface area contributed by atoms with Crippen LogP contribution in [0.4, 0.5) is 5.69 Å². The van der Waals surface area contributed by atoms with Gasteiger partial charge in [0.1, 0.15) is 0 Å². The maximum absolute atomic E-state index is 12.3. The Kier molecular flexibility index (Phi) is 5.65. The Bertz CT molecular complexity index is 1070. The van der Waals surface area contributed by atoms with Crippen molar-refractivity contribution >= 4 is 38.4 Å². The molecule has 0 aliphatic carbocycles. The average molecular weight is 429 g/mol. The molecule has 0 saturated carbocycles. The van der Waals surface area contributed by atoms with E-state index in [2.05, 4.69) is 18.2 Å². The molecule has 0 atom stereocenters. The summed E-state index contributed by atoms with van der Waals surface area (Å²) >= 11 is 1.67. The molecule has 2 aliphatic rings. The summed E-state index contributed by atoms with van der Waals surface area (Å²) in [7, 11) is -1.30. The van der Waals surface area contributed by atoms with Crippen molar-refractivity contribution in [3.8, 4) is 0 Å². The van der Waals surface area contributed by atoms with Gasteiger partial charge in [-0.3, -0.25) is 9.30 Å². The number of rotatable bonds is 5. The highest BCUT2D eigenvalue weighted by Gasteiger charge is 2.29. The van der Waals surface area contributed by atoms with E-state index in [0.717, 1.165) is 39.9 Å². The lowest BCUT2D eigenvalue weighted by molar-refractivity contribution is 0.550. The lowest BCUT2D eigenvalue weighted by Gasteiger charge is -2.23. The van der Waals surface area contributed by atoms with Crippen LogP contribution in [-0.4, -0.2) is 49.4 Å². The minimum atomic E-state index is -3.22. The summed E-state index contributed by atoms with van der Waals surface area (Å²) in [4.78, 5) is 4.69. The second kappa shape index (κ2) is 8.20. The fourth-order valence-electron chi connectivity index (χ4n) is 3.51. The Morgan fingerprint density at radius 3 is 2.69 bits per heavy atom. The highest BCUT2D eigenvalue weighted by molar-refractivity contribution is 8.14. The molecule has 4 rings (SSSR count). The van der Waals surface area contributed by atoms with Crippen molar-refractivity contribution in [2.24, 2.45) is 10.1 Å². The first-order chi connectivity index (χ1) is 14.0. The number of sulfonamides is 1. The van der Waals surface area contributed by atoms with E-state index >= 15 is 0 Å². The van der Waals surface area contributed by atoms with Crippen LogP contribution in [0.15, 0.2) is 58.6 Å². The third-order valence-electron chi connectivity index (χ3n) is 5.09. The van der Waals surface area contributed by atoms with Gasteiger partial charge >= 0.3 is 0 Å². The number of benzene rings is 2. The maximum Gasteiger partial charge on any atom is 0.234 e. The quantitative estimate of drug-likeness (QED) is 0.733. The Morgan fingerprint density at radius 2 is 1.97 bits per heavy atom.